The van der Waals surface area contributed by atoms with Crippen LogP contribution in [0.2, 0.25) is 0 Å². The maximum Gasteiger partial charge on any atom is 0.0881 e. The van der Waals surface area contributed by atoms with Crippen LogP contribution in [0.1, 0.15) is 11.3 Å². The fourth-order valence-electron chi connectivity index (χ4n) is 1.27. The first-order valence-corrected chi connectivity index (χ1v) is 3.84. The molecule has 0 unspecified atom stereocenters. The Bertz CT molecular complexity index is 406. The molecule has 0 fully saturated rings. The first kappa shape index (κ1) is 7.31. The highest BCUT2D eigenvalue weighted by molar-refractivity contribution is 5.76. The molecular formula is C9H10N2O. The summed E-state index contributed by atoms with van der Waals surface area (Å²) in [7, 11) is 0. The molecule has 2 heterocycles. The van der Waals surface area contributed by atoms with E-state index in [2.05, 4.69) is 9.97 Å². The third-order valence-corrected chi connectivity index (χ3v) is 1.84. The van der Waals surface area contributed by atoms with Gasteiger partial charge in [-0.05, 0) is 24.6 Å². The second-order valence-electron chi connectivity index (χ2n) is 2.89. The first-order chi connectivity index (χ1) is 5.79. The van der Waals surface area contributed by atoms with Crippen molar-refractivity contribution in [1.29, 1.82) is 0 Å². The number of aliphatic hydroxyl groups excluding tert-OH is 1. The van der Waals surface area contributed by atoms with E-state index in [1.165, 1.54) is 0 Å². The molecule has 0 bridgehead atoms. The highest BCUT2D eigenvalue weighted by Crippen LogP contribution is 2.13. The lowest BCUT2D eigenvalue weighted by Gasteiger charge is -1.93. The molecule has 2 rings (SSSR count). The Hall–Kier alpha value is -1.35. The molecule has 0 aliphatic rings. The Labute approximate surface area is 70.1 Å². The van der Waals surface area contributed by atoms with E-state index in [9.17, 15) is 0 Å². The fraction of sp³-hybridized carbons (Fsp3) is 0.222. The Balaban J connectivity index is 2.66. The number of aromatic nitrogens is 2. The normalized spacial score (nSPS) is 10.8. The third kappa shape index (κ3) is 1.08. The van der Waals surface area contributed by atoms with Gasteiger partial charge in [-0.2, -0.15) is 0 Å². The summed E-state index contributed by atoms with van der Waals surface area (Å²) in [4.78, 5) is 7.34. The number of nitrogens with zero attached hydrogens (tertiary/aromatic N) is 1. The molecule has 12 heavy (non-hydrogen) atoms. The van der Waals surface area contributed by atoms with E-state index >= 15 is 0 Å². The van der Waals surface area contributed by atoms with E-state index in [4.69, 9.17) is 5.11 Å². The summed E-state index contributed by atoms with van der Waals surface area (Å²) >= 11 is 0. The molecule has 62 valence electrons. The maximum absolute atomic E-state index is 8.85. The third-order valence-electron chi connectivity index (χ3n) is 1.84. The van der Waals surface area contributed by atoms with E-state index in [1.807, 2.05) is 19.1 Å². The average Bonchev–Trinajstić information content (AvgIpc) is 2.43. The van der Waals surface area contributed by atoms with Crippen molar-refractivity contribution >= 4 is 11.0 Å². The Kier molecular flexibility index (Phi) is 1.59. The van der Waals surface area contributed by atoms with Gasteiger partial charge in [-0.3, -0.25) is 4.98 Å². The number of H-pyrrole nitrogens is 1. The number of hydrogen-bond acceptors (Lipinski definition) is 2. The standard InChI is InChI=1S/C9H10N2O/c1-6-2-8-9(11-6)3-7(5-12)4-10-8/h2-4,11-12H,5H2,1H3. The molecule has 2 aromatic heterocycles. The summed E-state index contributed by atoms with van der Waals surface area (Å²) in [5.74, 6) is 0. The summed E-state index contributed by atoms with van der Waals surface area (Å²) in [6, 6.07) is 3.89. The first-order valence-electron chi connectivity index (χ1n) is 3.84. The smallest absolute Gasteiger partial charge is 0.0881 e. The highest BCUT2D eigenvalue weighted by Gasteiger charge is 1.98. The number of hydrogen-bond donors (Lipinski definition) is 2. The molecule has 0 amide bonds. The van der Waals surface area contributed by atoms with Gasteiger partial charge in [0.1, 0.15) is 0 Å². The lowest BCUT2D eigenvalue weighted by molar-refractivity contribution is 0.281. The van der Waals surface area contributed by atoms with Crippen LogP contribution < -0.4 is 0 Å². The number of aryl methyl sites for hydroxylation is 1. The van der Waals surface area contributed by atoms with Crippen molar-refractivity contribution in [3.8, 4) is 0 Å². The van der Waals surface area contributed by atoms with E-state index in [0.29, 0.717) is 0 Å². The minimum atomic E-state index is 0.0427. The molecule has 0 saturated carbocycles. The van der Waals surface area contributed by atoms with E-state index in [1.54, 1.807) is 6.20 Å². The van der Waals surface area contributed by atoms with Crippen LogP contribution in [-0.2, 0) is 6.61 Å². The van der Waals surface area contributed by atoms with E-state index < -0.39 is 0 Å². The fourth-order valence-corrected chi connectivity index (χ4v) is 1.27. The lowest BCUT2D eigenvalue weighted by Crippen LogP contribution is -1.84. The van der Waals surface area contributed by atoms with Gasteiger partial charge >= 0.3 is 0 Å². The minimum Gasteiger partial charge on any atom is -0.392 e. The van der Waals surface area contributed by atoms with Crippen LogP contribution in [0.25, 0.3) is 11.0 Å². The largest absolute Gasteiger partial charge is 0.392 e. The summed E-state index contributed by atoms with van der Waals surface area (Å²) in [6.45, 7) is 2.03. The molecule has 0 aliphatic heterocycles. The topological polar surface area (TPSA) is 48.9 Å². The zero-order valence-electron chi connectivity index (χ0n) is 6.83. The minimum absolute atomic E-state index is 0.0427. The lowest BCUT2D eigenvalue weighted by atomic mass is 10.3. The second kappa shape index (κ2) is 2.60. The van der Waals surface area contributed by atoms with Gasteiger partial charge in [-0.15, -0.1) is 0 Å². The number of pyridine rings is 1. The molecule has 0 atom stereocenters. The molecule has 2 aromatic rings. The van der Waals surface area contributed by atoms with Crippen LogP contribution in [0.4, 0.5) is 0 Å². The van der Waals surface area contributed by atoms with Crippen LogP contribution in [0.5, 0.6) is 0 Å². The predicted molar refractivity (Wildman–Crippen MR) is 46.8 cm³/mol. The van der Waals surface area contributed by atoms with Gasteiger partial charge in [0.05, 0.1) is 17.6 Å². The van der Waals surface area contributed by atoms with Crippen LogP contribution in [0.3, 0.4) is 0 Å². The number of aliphatic hydroxyl groups is 1. The maximum atomic E-state index is 8.85. The van der Waals surface area contributed by atoms with Crippen molar-refractivity contribution in [3.05, 3.63) is 29.6 Å². The van der Waals surface area contributed by atoms with Gasteiger partial charge in [-0.25, -0.2) is 0 Å². The summed E-state index contributed by atoms with van der Waals surface area (Å²) in [5, 5.41) is 8.85. The molecular weight excluding hydrogens is 152 g/mol. The van der Waals surface area contributed by atoms with Crippen molar-refractivity contribution in [2.24, 2.45) is 0 Å². The van der Waals surface area contributed by atoms with Crippen LogP contribution >= 0.6 is 0 Å². The molecule has 0 spiro atoms. The van der Waals surface area contributed by atoms with Crippen molar-refractivity contribution in [1.82, 2.24) is 9.97 Å². The van der Waals surface area contributed by atoms with Crippen molar-refractivity contribution < 1.29 is 5.11 Å². The van der Waals surface area contributed by atoms with Gasteiger partial charge in [0.25, 0.3) is 0 Å². The van der Waals surface area contributed by atoms with Gasteiger partial charge in [0, 0.05) is 11.9 Å². The summed E-state index contributed by atoms with van der Waals surface area (Å²) in [6.07, 6.45) is 1.69. The summed E-state index contributed by atoms with van der Waals surface area (Å²) < 4.78 is 0. The number of aromatic amines is 1. The zero-order chi connectivity index (χ0) is 8.55. The monoisotopic (exact) mass is 162 g/mol. The molecule has 0 saturated heterocycles. The van der Waals surface area contributed by atoms with Gasteiger partial charge in [0.2, 0.25) is 0 Å². The predicted octanol–water partition coefficient (Wildman–Crippen LogP) is 1.36. The Morgan fingerprint density at radius 2 is 2.33 bits per heavy atom. The Morgan fingerprint density at radius 1 is 1.50 bits per heavy atom. The van der Waals surface area contributed by atoms with Gasteiger partial charge in [-0.1, -0.05) is 0 Å². The van der Waals surface area contributed by atoms with Crippen molar-refractivity contribution in [3.63, 3.8) is 0 Å². The second-order valence-corrected chi connectivity index (χ2v) is 2.89. The number of nitrogens with one attached hydrogen (secondary N) is 1. The molecule has 3 heteroatoms. The molecule has 0 radical (unpaired) electrons. The van der Waals surface area contributed by atoms with Crippen LogP contribution in [-0.4, -0.2) is 15.1 Å². The van der Waals surface area contributed by atoms with Gasteiger partial charge in [0.15, 0.2) is 0 Å². The average molecular weight is 162 g/mol. The SMILES string of the molecule is Cc1cc2ncc(CO)cc2[nH]1. The highest BCUT2D eigenvalue weighted by atomic mass is 16.3. The number of fused-ring (bicyclic) bond motifs is 1. The van der Waals surface area contributed by atoms with Crippen LogP contribution in [0, 0.1) is 6.92 Å². The number of rotatable bonds is 1. The zero-order valence-corrected chi connectivity index (χ0v) is 6.83. The molecule has 0 aromatic carbocycles. The molecule has 2 N–H and O–H groups in total. The van der Waals surface area contributed by atoms with Gasteiger partial charge < -0.3 is 10.1 Å². The van der Waals surface area contributed by atoms with E-state index in [-0.39, 0.29) is 6.61 Å². The molecule has 3 nitrogen and oxygen atoms in total. The molecule has 0 aliphatic carbocycles. The van der Waals surface area contributed by atoms with Crippen LogP contribution in [0.15, 0.2) is 18.3 Å². The summed E-state index contributed by atoms with van der Waals surface area (Å²) in [5.41, 5.74) is 3.86. The quantitative estimate of drug-likeness (QED) is 0.665. The van der Waals surface area contributed by atoms with Crippen molar-refractivity contribution in [2.75, 3.05) is 0 Å². The Morgan fingerprint density at radius 3 is 3.08 bits per heavy atom. The van der Waals surface area contributed by atoms with Crippen molar-refractivity contribution in [2.45, 2.75) is 13.5 Å². The van der Waals surface area contributed by atoms with E-state index in [0.717, 1.165) is 22.3 Å².